The molecule has 0 fully saturated rings. The number of aliphatic carboxylic acids is 1. The molecule has 0 heterocycles. The molecular formula is C12H14N2O4. The summed E-state index contributed by atoms with van der Waals surface area (Å²) in [4.78, 5) is 21.6. The Morgan fingerprint density at radius 2 is 2.17 bits per heavy atom. The van der Waals surface area contributed by atoms with Crippen LogP contribution in [-0.2, 0) is 9.59 Å². The third kappa shape index (κ3) is 4.67. The molecule has 6 nitrogen and oxygen atoms in total. The van der Waals surface area contributed by atoms with Crippen LogP contribution in [0.5, 0.6) is 0 Å². The Bertz CT molecular complexity index is 471. The lowest BCUT2D eigenvalue weighted by molar-refractivity contribution is -0.146. The van der Waals surface area contributed by atoms with Crippen molar-refractivity contribution >= 4 is 23.6 Å². The molecule has 96 valence electrons. The molecule has 6 heteroatoms. The number of hydrogen-bond acceptors (Lipinski definition) is 4. The first-order valence-electron chi connectivity index (χ1n) is 5.21. The summed E-state index contributed by atoms with van der Waals surface area (Å²) < 4.78 is 0. The van der Waals surface area contributed by atoms with Gasteiger partial charge in [0.1, 0.15) is 0 Å². The highest BCUT2D eigenvalue weighted by atomic mass is 16.4. The molecule has 1 atom stereocenters. The topological polar surface area (TPSA) is 113 Å². The van der Waals surface area contributed by atoms with Crippen LogP contribution in [0.4, 0.5) is 5.69 Å². The molecule has 0 aromatic heterocycles. The minimum atomic E-state index is -1.60. The first-order chi connectivity index (χ1) is 8.49. The van der Waals surface area contributed by atoms with Crippen LogP contribution in [0.1, 0.15) is 5.56 Å². The number of rotatable bonds is 5. The van der Waals surface area contributed by atoms with Crippen molar-refractivity contribution in [1.29, 1.82) is 0 Å². The summed E-state index contributed by atoms with van der Waals surface area (Å²) in [5.41, 5.74) is 6.90. The fourth-order valence-corrected chi connectivity index (χ4v) is 1.18. The Morgan fingerprint density at radius 3 is 2.78 bits per heavy atom. The van der Waals surface area contributed by atoms with Gasteiger partial charge in [-0.1, -0.05) is 12.1 Å². The highest BCUT2D eigenvalue weighted by molar-refractivity contribution is 5.92. The number of carbonyl (C=O) groups excluding carboxylic acids is 1. The summed E-state index contributed by atoms with van der Waals surface area (Å²) in [7, 11) is 0. The number of hydrogen-bond donors (Lipinski definition) is 4. The lowest BCUT2D eigenvalue weighted by Crippen LogP contribution is -2.35. The van der Waals surface area contributed by atoms with Crippen LogP contribution in [-0.4, -0.2) is 34.7 Å². The first kappa shape index (κ1) is 13.7. The maximum atomic E-state index is 11.3. The zero-order chi connectivity index (χ0) is 13.5. The van der Waals surface area contributed by atoms with Crippen molar-refractivity contribution < 1.29 is 19.8 Å². The fraction of sp³-hybridized carbons (Fsp3) is 0.167. The van der Waals surface area contributed by atoms with E-state index >= 15 is 0 Å². The molecule has 5 N–H and O–H groups in total. The van der Waals surface area contributed by atoms with Crippen molar-refractivity contribution in [3.8, 4) is 0 Å². The van der Waals surface area contributed by atoms with Gasteiger partial charge in [0.2, 0.25) is 5.91 Å². The van der Waals surface area contributed by atoms with Crippen LogP contribution >= 0.6 is 0 Å². The molecule has 0 spiro atoms. The van der Waals surface area contributed by atoms with E-state index in [4.69, 9.17) is 15.9 Å². The van der Waals surface area contributed by atoms with Crippen LogP contribution in [0.3, 0.4) is 0 Å². The van der Waals surface area contributed by atoms with Gasteiger partial charge < -0.3 is 21.3 Å². The maximum Gasteiger partial charge on any atom is 0.334 e. The summed E-state index contributed by atoms with van der Waals surface area (Å²) in [6, 6.07) is 6.93. The molecule has 0 aliphatic rings. The molecule has 0 saturated heterocycles. The lowest BCUT2D eigenvalue weighted by Gasteiger charge is -2.05. The number of aliphatic hydroxyl groups is 1. The number of carboxylic acid groups (broad SMARTS) is 1. The van der Waals surface area contributed by atoms with Crippen LogP contribution in [0.25, 0.3) is 6.08 Å². The van der Waals surface area contributed by atoms with Crippen LogP contribution in [0.2, 0.25) is 0 Å². The van der Waals surface area contributed by atoms with Gasteiger partial charge in [-0.15, -0.1) is 0 Å². The number of nitrogen functional groups attached to an aromatic ring is 1. The molecule has 1 aromatic rings. The van der Waals surface area contributed by atoms with Crippen LogP contribution in [0.15, 0.2) is 30.3 Å². The van der Waals surface area contributed by atoms with Gasteiger partial charge >= 0.3 is 5.97 Å². The molecule has 1 unspecified atom stereocenters. The van der Waals surface area contributed by atoms with Gasteiger partial charge in [-0.05, 0) is 23.8 Å². The monoisotopic (exact) mass is 250 g/mol. The smallest absolute Gasteiger partial charge is 0.334 e. The second kappa shape index (κ2) is 6.41. The molecule has 0 radical (unpaired) electrons. The summed E-state index contributed by atoms with van der Waals surface area (Å²) >= 11 is 0. The van der Waals surface area contributed by atoms with Gasteiger partial charge in [-0.3, -0.25) is 4.79 Å². The van der Waals surface area contributed by atoms with Gasteiger partial charge in [0.15, 0.2) is 6.10 Å². The van der Waals surface area contributed by atoms with E-state index in [1.807, 2.05) is 0 Å². The molecule has 0 aliphatic carbocycles. The SMILES string of the molecule is Nc1cccc(/C=C/C(=O)NCC(O)C(=O)O)c1. The number of amides is 1. The lowest BCUT2D eigenvalue weighted by atomic mass is 10.2. The molecule has 1 aromatic carbocycles. The van der Waals surface area contributed by atoms with Crippen molar-refractivity contribution in [2.24, 2.45) is 0 Å². The normalized spacial score (nSPS) is 12.3. The average Bonchev–Trinajstić information content (AvgIpc) is 2.33. The fourth-order valence-electron chi connectivity index (χ4n) is 1.18. The Kier molecular flexibility index (Phi) is 4.89. The van der Waals surface area contributed by atoms with Gasteiger partial charge in [-0.2, -0.15) is 0 Å². The number of carboxylic acids is 1. The second-order valence-corrected chi connectivity index (χ2v) is 3.60. The minimum absolute atomic E-state index is 0.338. The molecule has 0 bridgehead atoms. The van der Waals surface area contributed by atoms with E-state index in [-0.39, 0.29) is 6.54 Å². The van der Waals surface area contributed by atoms with Crippen molar-refractivity contribution in [2.45, 2.75) is 6.10 Å². The van der Waals surface area contributed by atoms with Gasteiger partial charge in [0.25, 0.3) is 0 Å². The average molecular weight is 250 g/mol. The van der Waals surface area contributed by atoms with Gasteiger partial charge in [0.05, 0.1) is 6.54 Å². The third-order valence-corrected chi connectivity index (χ3v) is 2.09. The largest absolute Gasteiger partial charge is 0.479 e. The number of benzene rings is 1. The van der Waals surface area contributed by atoms with Crippen molar-refractivity contribution in [3.05, 3.63) is 35.9 Å². The van der Waals surface area contributed by atoms with Crippen molar-refractivity contribution in [3.63, 3.8) is 0 Å². The number of nitrogens with one attached hydrogen (secondary N) is 1. The Labute approximate surface area is 104 Å². The quantitative estimate of drug-likeness (QED) is 0.428. The van der Waals surface area contributed by atoms with Crippen LogP contribution < -0.4 is 11.1 Å². The van der Waals surface area contributed by atoms with E-state index in [0.717, 1.165) is 5.56 Å². The number of carbonyl (C=O) groups is 2. The predicted molar refractivity (Wildman–Crippen MR) is 66.5 cm³/mol. The van der Waals surface area contributed by atoms with Gasteiger partial charge in [0, 0.05) is 11.8 Å². The Hall–Kier alpha value is -2.34. The molecule has 1 rings (SSSR count). The molecular weight excluding hydrogens is 236 g/mol. The number of aliphatic hydroxyl groups excluding tert-OH is 1. The summed E-state index contributed by atoms with van der Waals surface area (Å²) in [6.07, 6.45) is 1.18. The molecule has 0 saturated carbocycles. The van der Waals surface area contributed by atoms with E-state index in [1.165, 1.54) is 6.08 Å². The number of anilines is 1. The summed E-state index contributed by atoms with van der Waals surface area (Å²) in [5.74, 6) is -1.87. The Balaban J connectivity index is 2.47. The van der Waals surface area contributed by atoms with E-state index in [9.17, 15) is 9.59 Å². The van der Waals surface area contributed by atoms with E-state index in [2.05, 4.69) is 5.32 Å². The summed E-state index contributed by atoms with van der Waals surface area (Å²) in [6.45, 7) is -0.338. The standard InChI is InChI=1S/C12H14N2O4/c13-9-3-1-2-8(6-9)4-5-11(16)14-7-10(15)12(17)18/h1-6,10,15H,7,13H2,(H,14,16)(H,17,18)/b5-4+. The summed E-state index contributed by atoms with van der Waals surface area (Å²) in [5, 5.41) is 19.6. The highest BCUT2D eigenvalue weighted by Crippen LogP contribution is 2.07. The molecule has 18 heavy (non-hydrogen) atoms. The minimum Gasteiger partial charge on any atom is -0.479 e. The second-order valence-electron chi connectivity index (χ2n) is 3.60. The molecule has 0 aliphatic heterocycles. The van der Waals surface area contributed by atoms with E-state index in [1.54, 1.807) is 30.3 Å². The first-order valence-corrected chi connectivity index (χ1v) is 5.21. The van der Waals surface area contributed by atoms with Crippen molar-refractivity contribution in [2.75, 3.05) is 12.3 Å². The molecule has 1 amide bonds. The van der Waals surface area contributed by atoms with Crippen molar-refractivity contribution in [1.82, 2.24) is 5.32 Å². The predicted octanol–water partition coefficient (Wildman–Crippen LogP) is -0.156. The van der Waals surface area contributed by atoms with E-state index < -0.39 is 18.0 Å². The zero-order valence-corrected chi connectivity index (χ0v) is 9.54. The third-order valence-electron chi connectivity index (χ3n) is 2.09. The maximum absolute atomic E-state index is 11.3. The van der Waals surface area contributed by atoms with Crippen LogP contribution in [0, 0.1) is 0 Å². The number of nitrogens with two attached hydrogens (primary N) is 1. The van der Waals surface area contributed by atoms with E-state index in [0.29, 0.717) is 5.69 Å². The van der Waals surface area contributed by atoms with Gasteiger partial charge in [-0.25, -0.2) is 4.79 Å². The zero-order valence-electron chi connectivity index (χ0n) is 9.54. The Morgan fingerprint density at radius 1 is 1.44 bits per heavy atom. The highest BCUT2D eigenvalue weighted by Gasteiger charge is 2.12.